The normalized spacial score (nSPS) is 10.5. The molecule has 0 fully saturated rings. The molecule has 0 aliphatic heterocycles. The summed E-state index contributed by atoms with van der Waals surface area (Å²) in [5, 5.41) is 12.4. The Morgan fingerprint density at radius 2 is 1.58 bits per heavy atom. The summed E-state index contributed by atoms with van der Waals surface area (Å²) in [7, 11) is 0. The lowest BCUT2D eigenvalue weighted by Crippen LogP contribution is -2.11. The largest absolute Gasteiger partial charge is 0.298 e. The predicted octanol–water partition coefficient (Wildman–Crippen LogP) is 6.55. The highest BCUT2D eigenvalue weighted by atomic mass is 32.1. The van der Waals surface area contributed by atoms with E-state index in [1.54, 1.807) is 24.3 Å². The fourth-order valence-electron chi connectivity index (χ4n) is 3.34. The Morgan fingerprint density at radius 1 is 0.935 bits per heavy atom. The molecular weight excluding hydrogens is 402 g/mol. The zero-order chi connectivity index (χ0) is 21.6. The molecule has 3 aromatic carbocycles. The second-order valence-electron chi connectivity index (χ2n) is 7.13. The van der Waals surface area contributed by atoms with Crippen LogP contribution in [-0.4, -0.2) is 10.9 Å². The molecule has 0 aliphatic rings. The zero-order valence-electron chi connectivity index (χ0n) is 17.1. The number of carbonyl (C=O) groups is 1. The van der Waals surface area contributed by atoms with Crippen LogP contribution >= 0.6 is 11.3 Å². The molecule has 31 heavy (non-hydrogen) atoms. The van der Waals surface area contributed by atoms with E-state index in [0.717, 1.165) is 34.5 Å². The fraction of sp³-hybridized carbons (Fsp3) is 0.115. The summed E-state index contributed by atoms with van der Waals surface area (Å²) in [6, 6.07) is 27.3. The maximum atomic E-state index is 12.6. The minimum Gasteiger partial charge on any atom is -0.298 e. The van der Waals surface area contributed by atoms with E-state index in [-0.39, 0.29) is 5.91 Å². The van der Waals surface area contributed by atoms with Crippen molar-refractivity contribution in [3.8, 4) is 28.5 Å². The number of thiazole rings is 1. The molecule has 5 heteroatoms. The molecule has 1 N–H and O–H groups in total. The molecule has 1 heterocycles. The third kappa shape index (κ3) is 4.71. The van der Waals surface area contributed by atoms with Gasteiger partial charge >= 0.3 is 0 Å². The number of rotatable bonds is 6. The molecule has 0 saturated heterocycles. The number of aryl methyl sites for hydroxylation is 1. The van der Waals surface area contributed by atoms with Crippen molar-refractivity contribution in [2.24, 2.45) is 0 Å². The van der Waals surface area contributed by atoms with Gasteiger partial charge in [0.15, 0.2) is 5.13 Å². The number of hydrogen-bond acceptors (Lipinski definition) is 4. The third-order valence-electron chi connectivity index (χ3n) is 4.94. The molecule has 0 radical (unpaired) electrons. The highest BCUT2D eigenvalue weighted by molar-refractivity contribution is 7.16. The van der Waals surface area contributed by atoms with Crippen LogP contribution in [0, 0.1) is 11.3 Å². The van der Waals surface area contributed by atoms with Crippen molar-refractivity contribution in [1.82, 2.24) is 4.98 Å². The minimum atomic E-state index is -0.229. The van der Waals surface area contributed by atoms with E-state index in [4.69, 9.17) is 10.2 Å². The Morgan fingerprint density at radius 3 is 2.23 bits per heavy atom. The molecule has 0 bridgehead atoms. The first-order valence-corrected chi connectivity index (χ1v) is 11.0. The summed E-state index contributed by atoms with van der Waals surface area (Å²) in [5.74, 6) is -0.229. The molecule has 0 saturated carbocycles. The van der Waals surface area contributed by atoms with Gasteiger partial charge in [-0.05, 0) is 41.8 Å². The molecule has 4 nitrogen and oxygen atoms in total. The van der Waals surface area contributed by atoms with Crippen molar-refractivity contribution in [2.45, 2.75) is 19.8 Å². The standard InChI is InChI=1S/C26H21N3OS/c1-2-6-23-24(21-15-13-20(14-16-21)19-7-4-3-5-8-19)28-26(31-23)29-25(30)22-11-9-18(17-27)10-12-22/h3-5,7-16H,2,6H2,1H3,(H,28,29,30). The van der Waals surface area contributed by atoms with Gasteiger partial charge in [0, 0.05) is 16.0 Å². The topological polar surface area (TPSA) is 65.8 Å². The lowest BCUT2D eigenvalue weighted by atomic mass is 10.0. The average molecular weight is 424 g/mol. The number of nitrogens with zero attached hydrogens (tertiary/aromatic N) is 2. The van der Waals surface area contributed by atoms with Crippen LogP contribution in [0.4, 0.5) is 5.13 Å². The number of benzene rings is 3. The van der Waals surface area contributed by atoms with Crippen LogP contribution in [0.15, 0.2) is 78.9 Å². The predicted molar refractivity (Wildman–Crippen MR) is 126 cm³/mol. The highest BCUT2D eigenvalue weighted by Crippen LogP contribution is 2.33. The van der Waals surface area contributed by atoms with Gasteiger partial charge in [-0.3, -0.25) is 10.1 Å². The van der Waals surface area contributed by atoms with Crippen molar-refractivity contribution >= 4 is 22.4 Å². The summed E-state index contributed by atoms with van der Waals surface area (Å²) in [6.45, 7) is 2.14. The molecule has 0 spiro atoms. The third-order valence-corrected chi connectivity index (χ3v) is 5.97. The minimum absolute atomic E-state index is 0.229. The van der Waals surface area contributed by atoms with Crippen LogP contribution in [0.3, 0.4) is 0 Å². The smallest absolute Gasteiger partial charge is 0.257 e. The van der Waals surface area contributed by atoms with E-state index in [2.05, 4.69) is 54.7 Å². The van der Waals surface area contributed by atoms with Crippen LogP contribution in [0.2, 0.25) is 0 Å². The molecule has 4 aromatic rings. The van der Waals surface area contributed by atoms with Crippen LogP contribution in [0.5, 0.6) is 0 Å². The van der Waals surface area contributed by atoms with Gasteiger partial charge in [0.25, 0.3) is 5.91 Å². The number of hydrogen-bond donors (Lipinski definition) is 1. The first-order chi connectivity index (χ1) is 15.2. The number of anilines is 1. The number of nitrogens with one attached hydrogen (secondary N) is 1. The summed E-state index contributed by atoms with van der Waals surface area (Å²) >= 11 is 1.51. The van der Waals surface area contributed by atoms with Crippen molar-refractivity contribution in [3.05, 3.63) is 94.9 Å². The van der Waals surface area contributed by atoms with E-state index < -0.39 is 0 Å². The average Bonchev–Trinajstić information content (AvgIpc) is 3.22. The monoisotopic (exact) mass is 423 g/mol. The molecule has 0 aliphatic carbocycles. The van der Waals surface area contributed by atoms with Crippen molar-refractivity contribution in [1.29, 1.82) is 5.26 Å². The second kappa shape index (κ2) is 9.38. The molecule has 1 amide bonds. The van der Waals surface area contributed by atoms with Gasteiger partial charge in [0.1, 0.15) is 0 Å². The summed E-state index contributed by atoms with van der Waals surface area (Å²) in [5.41, 5.74) is 5.32. The van der Waals surface area contributed by atoms with E-state index in [1.165, 1.54) is 16.9 Å². The maximum Gasteiger partial charge on any atom is 0.257 e. The van der Waals surface area contributed by atoms with E-state index in [9.17, 15) is 4.79 Å². The van der Waals surface area contributed by atoms with Gasteiger partial charge < -0.3 is 0 Å². The summed E-state index contributed by atoms with van der Waals surface area (Å²) < 4.78 is 0. The van der Waals surface area contributed by atoms with Gasteiger partial charge in [0.05, 0.1) is 17.3 Å². The van der Waals surface area contributed by atoms with Crippen LogP contribution in [0.25, 0.3) is 22.4 Å². The van der Waals surface area contributed by atoms with Crippen LogP contribution in [0.1, 0.15) is 34.1 Å². The summed E-state index contributed by atoms with van der Waals surface area (Å²) in [6.07, 6.45) is 1.90. The molecule has 4 rings (SSSR count). The van der Waals surface area contributed by atoms with E-state index >= 15 is 0 Å². The van der Waals surface area contributed by atoms with Gasteiger partial charge in [-0.2, -0.15) is 5.26 Å². The Bertz CT molecular complexity index is 1220. The quantitative estimate of drug-likeness (QED) is 0.382. The van der Waals surface area contributed by atoms with Crippen molar-refractivity contribution in [2.75, 3.05) is 5.32 Å². The zero-order valence-corrected chi connectivity index (χ0v) is 17.9. The SMILES string of the molecule is CCCc1sc(NC(=O)c2ccc(C#N)cc2)nc1-c1ccc(-c2ccccc2)cc1. The van der Waals surface area contributed by atoms with Gasteiger partial charge in [-0.15, -0.1) is 11.3 Å². The molecule has 1 aromatic heterocycles. The first kappa shape index (κ1) is 20.5. The Labute approximate surface area is 185 Å². The second-order valence-corrected chi connectivity index (χ2v) is 8.21. The number of nitriles is 1. The van der Waals surface area contributed by atoms with E-state index in [0.29, 0.717) is 16.3 Å². The van der Waals surface area contributed by atoms with Crippen molar-refractivity contribution in [3.63, 3.8) is 0 Å². The molecule has 152 valence electrons. The Hall–Kier alpha value is -3.75. The Kier molecular flexibility index (Phi) is 6.21. The van der Waals surface area contributed by atoms with Crippen LogP contribution in [-0.2, 0) is 6.42 Å². The lowest BCUT2D eigenvalue weighted by molar-refractivity contribution is 0.102. The number of amides is 1. The number of carbonyl (C=O) groups excluding carboxylic acids is 1. The van der Waals surface area contributed by atoms with E-state index in [1.807, 2.05) is 18.2 Å². The molecule has 0 unspecified atom stereocenters. The number of aromatic nitrogens is 1. The van der Waals surface area contributed by atoms with Gasteiger partial charge in [-0.25, -0.2) is 4.98 Å². The van der Waals surface area contributed by atoms with Gasteiger partial charge in [0.2, 0.25) is 0 Å². The van der Waals surface area contributed by atoms with Gasteiger partial charge in [-0.1, -0.05) is 67.9 Å². The maximum absolute atomic E-state index is 12.6. The highest BCUT2D eigenvalue weighted by Gasteiger charge is 2.15. The summed E-state index contributed by atoms with van der Waals surface area (Å²) in [4.78, 5) is 18.5. The Balaban J connectivity index is 1.58. The van der Waals surface area contributed by atoms with Crippen LogP contribution < -0.4 is 5.32 Å². The fourth-order valence-corrected chi connectivity index (χ4v) is 4.42. The molecular formula is C26H21N3OS. The first-order valence-electron chi connectivity index (χ1n) is 10.1. The molecule has 0 atom stereocenters. The van der Waals surface area contributed by atoms with Crippen molar-refractivity contribution < 1.29 is 4.79 Å². The lowest BCUT2D eigenvalue weighted by Gasteiger charge is -2.05.